The number of hydrogen-bond acceptors (Lipinski definition) is 7. The van der Waals surface area contributed by atoms with Gasteiger partial charge in [0.15, 0.2) is 0 Å². The molecule has 0 spiro atoms. The largest absolute Gasteiger partial charge is 0.478 e. The number of nitrogen functional groups attached to an aromatic ring is 1. The summed E-state index contributed by atoms with van der Waals surface area (Å²) in [5.41, 5.74) is 6.59. The zero-order chi connectivity index (χ0) is 20.4. The number of nitrogens with one attached hydrogen (secondary N) is 1. The Bertz CT molecular complexity index is 824. The molecule has 10 heteroatoms. The maximum atomic E-state index is 12.0. The van der Waals surface area contributed by atoms with Gasteiger partial charge in [-0.25, -0.2) is 4.79 Å². The van der Waals surface area contributed by atoms with E-state index in [1.165, 1.54) is 31.2 Å². The molecule has 146 valence electrons. The van der Waals surface area contributed by atoms with Crippen molar-refractivity contribution in [2.24, 2.45) is 0 Å². The quantitative estimate of drug-likeness (QED) is 0.230. The van der Waals surface area contributed by atoms with Crippen molar-refractivity contribution >= 4 is 41.8 Å². The molecule has 0 heterocycles. The fraction of sp³-hybridized carbons (Fsp3) is 0.176. The molecule has 9 nitrogen and oxygen atoms in total. The summed E-state index contributed by atoms with van der Waals surface area (Å²) in [5.74, 6) is -1.15. The molecule has 0 aromatic heterocycles. The van der Waals surface area contributed by atoms with E-state index in [9.17, 15) is 13.3 Å². The minimum Gasteiger partial charge on any atom is -0.478 e. The third kappa shape index (κ3) is 7.28. The van der Waals surface area contributed by atoms with E-state index in [-0.39, 0.29) is 22.4 Å². The number of nitrogens with two attached hydrogens (primary N) is 1. The van der Waals surface area contributed by atoms with Crippen molar-refractivity contribution < 1.29 is 31.3 Å². The molecule has 0 saturated carbocycles. The Morgan fingerprint density at radius 1 is 1.19 bits per heavy atom. The van der Waals surface area contributed by atoms with Crippen LogP contribution >= 0.6 is 0 Å². The third-order valence-corrected chi connectivity index (χ3v) is 6.70. The Kier molecular flexibility index (Phi) is 8.77. The van der Waals surface area contributed by atoms with Crippen LogP contribution < -0.4 is 15.4 Å². The molecule has 2 aromatic rings. The number of rotatable bonds is 6. The zero-order valence-electron chi connectivity index (χ0n) is 14.8. The minimum absolute atomic E-state index is 0.171. The third-order valence-electron chi connectivity index (χ3n) is 3.04. The van der Waals surface area contributed by atoms with E-state index in [2.05, 4.69) is 9.19 Å². The predicted octanol–water partition coefficient (Wildman–Crippen LogP) is 1.71. The van der Waals surface area contributed by atoms with Gasteiger partial charge in [0.2, 0.25) is 0 Å². The number of carbonyl (C=O) groups excluding carboxylic acids is 1. The number of benzene rings is 2. The van der Waals surface area contributed by atoms with Crippen molar-refractivity contribution in [3.8, 4) is 0 Å². The number of anilines is 2. The van der Waals surface area contributed by atoms with Crippen molar-refractivity contribution in [1.82, 2.24) is 0 Å². The molecule has 0 bridgehead atoms. The van der Waals surface area contributed by atoms with Gasteiger partial charge in [-0.1, -0.05) is 6.07 Å². The van der Waals surface area contributed by atoms with Crippen LogP contribution in [0.2, 0.25) is 0 Å². The summed E-state index contributed by atoms with van der Waals surface area (Å²) >= 11 is -4.33. The van der Waals surface area contributed by atoms with Crippen LogP contribution in [0, 0.1) is 0 Å². The summed E-state index contributed by atoms with van der Waals surface area (Å²) < 4.78 is 21.2. The molecule has 2 rings (SSSR count). The van der Waals surface area contributed by atoms with Gasteiger partial charge in [0.1, 0.15) is 0 Å². The Labute approximate surface area is 159 Å². The first-order valence-electron chi connectivity index (χ1n) is 7.76. The average molecular weight is 440 g/mol. The fourth-order valence-electron chi connectivity index (χ4n) is 1.92. The average Bonchev–Trinajstić information content (AvgIpc) is 2.62. The van der Waals surface area contributed by atoms with Gasteiger partial charge in [-0.2, -0.15) is 0 Å². The normalized spacial score (nSPS) is 12.3. The number of carbonyl (C=O) groups is 2. The van der Waals surface area contributed by atoms with E-state index in [1.807, 2.05) is 0 Å². The van der Waals surface area contributed by atoms with Crippen LogP contribution in [-0.4, -0.2) is 43.0 Å². The van der Waals surface area contributed by atoms with Crippen LogP contribution in [0.3, 0.4) is 0 Å². The molecule has 0 aliphatic rings. The molecule has 0 saturated heterocycles. The van der Waals surface area contributed by atoms with E-state index in [0.717, 1.165) is 0 Å². The zero-order valence-corrected chi connectivity index (χ0v) is 16.7. The fourth-order valence-corrected chi connectivity index (χ4v) is 4.32. The summed E-state index contributed by atoms with van der Waals surface area (Å²) in [6, 6.07) is 12.3. The van der Waals surface area contributed by atoms with Crippen LogP contribution in [0.4, 0.5) is 11.4 Å². The minimum atomic E-state index is -4.33. The Morgan fingerprint density at radius 2 is 1.81 bits per heavy atom. The van der Waals surface area contributed by atoms with Gasteiger partial charge < -0.3 is 10.8 Å². The SMILES string of the molecule is CCO[As](=O)(OO)c1ccc(NC(C)=O)cc1.Nc1cccc(C(=O)O)c1. The second-order valence-corrected chi connectivity index (χ2v) is 9.21. The van der Waals surface area contributed by atoms with Crippen LogP contribution in [0.5, 0.6) is 0 Å². The molecule has 27 heavy (non-hydrogen) atoms. The summed E-state index contributed by atoms with van der Waals surface area (Å²) in [4.78, 5) is 21.1. The predicted molar refractivity (Wildman–Crippen MR) is 100.0 cm³/mol. The van der Waals surface area contributed by atoms with Crippen molar-refractivity contribution in [3.05, 3.63) is 54.1 Å². The summed E-state index contributed by atoms with van der Waals surface area (Å²) in [6.07, 6.45) is 0. The number of hydrogen-bond donors (Lipinski definition) is 4. The molecule has 0 aliphatic carbocycles. The second-order valence-electron chi connectivity index (χ2n) is 5.16. The number of carboxylic acid groups (broad SMARTS) is 1. The van der Waals surface area contributed by atoms with Gasteiger partial charge in [0.25, 0.3) is 0 Å². The Morgan fingerprint density at radius 3 is 2.22 bits per heavy atom. The van der Waals surface area contributed by atoms with Crippen molar-refractivity contribution in [2.45, 2.75) is 13.8 Å². The smallest absolute Gasteiger partial charge is 0.335 e. The topological polar surface area (TPSA) is 148 Å². The van der Waals surface area contributed by atoms with Crippen molar-refractivity contribution in [1.29, 1.82) is 0 Å². The molecule has 1 atom stereocenters. The molecule has 0 aliphatic heterocycles. The first kappa shape index (κ1) is 22.5. The van der Waals surface area contributed by atoms with Gasteiger partial charge in [0, 0.05) is 5.69 Å². The Balaban J connectivity index is 0.000000309. The van der Waals surface area contributed by atoms with Gasteiger partial charge in [-0.3, -0.25) is 0 Å². The molecule has 0 fully saturated rings. The van der Waals surface area contributed by atoms with Crippen molar-refractivity contribution in [3.63, 3.8) is 0 Å². The van der Waals surface area contributed by atoms with E-state index >= 15 is 0 Å². The second kappa shape index (κ2) is 10.5. The first-order valence-corrected chi connectivity index (χ1v) is 11.0. The van der Waals surface area contributed by atoms with Crippen LogP contribution in [0.1, 0.15) is 24.2 Å². The molecule has 1 amide bonds. The van der Waals surface area contributed by atoms with E-state index in [0.29, 0.717) is 11.4 Å². The summed E-state index contributed by atoms with van der Waals surface area (Å²) in [5, 5.41) is 19.7. The van der Waals surface area contributed by atoms with Gasteiger partial charge >= 0.3 is 108 Å². The molecule has 2 aromatic carbocycles. The van der Waals surface area contributed by atoms with Crippen molar-refractivity contribution in [2.75, 3.05) is 17.7 Å². The van der Waals surface area contributed by atoms with Gasteiger partial charge in [-0.05, 0) is 18.2 Å². The number of amides is 1. The molecular weight excluding hydrogens is 419 g/mol. The summed E-state index contributed by atoms with van der Waals surface area (Å²) in [6.45, 7) is 3.21. The van der Waals surface area contributed by atoms with Gasteiger partial charge in [0.05, 0.1) is 5.56 Å². The standard InChI is InChI=1S/C10H14AsNO5.C7H7NO2/c1-3-16-11(14,17-15)9-4-6-10(7-5-9)12-8(2)13;8-6-3-1-2-5(4-6)7(9)10/h4-7,15H,3H2,1-2H3,(H,12,13);1-4H,8H2,(H,9,10). The maximum absolute atomic E-state index is 12.0. The van der Waals surface area contributed by atoms with Gasteiger partial charge in [-0.15, -0.1) is 0 Å². The van der Waals surface area contributed by atoms with Crippen LogP contribution in [0.15, 0.2) is 48.5 Å². The molecule has 5 N–H and O–H groups in total. The maximum Gasteiger partial charge on any atom is 0.335 e. The molecular formula is C17H21AsN2O7. The number of aromatic carboxylic acids is 1. The number of carboxylic acids is 1. The van der Waals surface area contributed by atoms with E-state index in [4.69, 9.17) is 19.8 Å². The molecule has 0 radical (unpaired) electrons. The van der Waals surface area contributed by atoms with Crippen LogP contribution in [0.25, 0.3) is 0 Å². The van der Waals surface area contributed by atoms with E-state index in [1.54, 1.807) is 31.2 Å². The molecule has 1 unspecified atom stereocenters. The first-order chi connectivity index (χ1) is 12.7. The van der Waals surface area contributed by atoms with E-state index < -0.39 is 20.1 Å². The van der Waals surface area contributed by atoms with Crippen LogP contribution in [-0.2, 0) is 16.1 Å². The monoisotopic (exact) mass is 440 g/mol. The Hall–Kier alpha value is -2.58. The summed E-state index contributed by atoms with van der Waals surface area (Å²) in [7, 11) is 0.